The van der Waals surface area contributed by atoms with Crippen LogP contribution in [0.4, 0.5) is 0 Å². The molecule has 1 aromatic heterocycles. The van der Waals surface area contributed by atoms with Crippen LogP contribution in [0.3, 0.4) is 0 Å². The van der Waals surface area contributed by atoms with E-state index < -0.39 is 5.97 Å². The van der Waals surface area contributed by atoms with Crippen LogP contribution >= 0.6 is 27.3 Å². The van der Waals surface area contributed by atoms with Crippen molar-refractivity contribution in [1.29, 1.82) is 0 Å². The smallest absolute Gasteiger partial charge is 0.323 e. The Morgan fingerprint density at radius 2 is 2.25 bits per heavy atom. The number of carboxylic acids is 1. The first-order valence-corrected chi connectivity index (χ1v) is 6.47. The van der Waals surface area contributed by atoms with Crippen LogP contribution in [0.15, 0.2) is 15.9 Å². The molecule has 0 atom stereocenters. The molecule has 0 aliphatic rings. The van der Waals surface area contributed by atoms with E-state index in [1.807, 2.05) is 6.92 Å². The zero-order chi connectivity index (χ0) is 12.1. The molecule has 0 aromatic carbocycles. The number of hydrogen-bond donors (Lipinski definition) is 1. The highest BCUT2D eigenvalue weighted by molar-refractivity contribution is 9.10. The largest absolute Gasteiger partial charge is 0.480 e. The van der Waals surface area contributed by atoms with E-state index in [1.54, 1.807) is 11.4 Å². The first-order chi connectivity index (χ1) is 7.54. The average Bonchev–Trinajstić information content (AvgIpc) is 2.62. The molecule has 6 heteroatoms. The predicted octanol–water partition coefficient (Wildman–Crippen LogP) is 2.45. The molecular formula is C10H12BrNO3S. The van der Waals surface area contributed by atoms with E-state index in [4.69, 9.17) is 5.11 Å². The van der Waals surface area contributed by atoms with Gasteiger partial charge in [-0.15, -0.1) is 11.3 Å². The van der Waals surface area contributed by atoms with Crippen LogP contribution < -0.4 is 0 Å². The molecule has 1 amide bonds. The summed E-state index contributed by atoms with van der Waals surface area (Å²) in [6, 6.07) is 1.71. The first kappa shape index (κ1) is 13.2. The van der Waals surface area contributed by atoms with E-state index in [-0.39, 0.29) is 12.5 Å². The molecule has 0 spiro atoms. The van der Waals surface area contributed by atoms with Gasteiger partial charge in [-0.25, -0.2) is 0 Å². The Kier molecular flexibility index (Phi) is 4.95. The van der Waals surface area contributed by atoms with Crippen LogP contribution in [0.25, 0.3) is 0 Å². The van der Waals surface area contributed by atoms with Gasteiger partial charge in [0.05, 0.1) is 4.88 Å². The lowest BCUT2D eigenvalue weighted by molar-refractivity contribution is -0.137. The van der Waals surface area contributed by atoms with E-state index in [0.717, 1.165) is 10.9 Å². The van der Waals surface area contributed by atoms with E-state index in [0.29, 0.717) is 11.4 Å². The Morgan fingerprint density at radius 3 is 2.69 bits per heavy atom. The van der Waals surface area contributed by atoms with Crippen LogP contribution in [-0.2, 0) is 4.79 Å². The van der Waals surface area contributed by atoms with Crippen LogP contribution in [0.5, 0.6) is 0 Å². The van der Waals surface area contributed by atoms with Gasteiger partial charge in [0.1, 0.15) is 6.54 Å². The van der Waals surface area contributed by atoms with Gasteiger partial charge in [-0.05, 0) is 28.4 Å². The van der Waals surface area contributed by atoms with Crippen molar-refractivity contribution in [3.63, 3.8) is 0 Å². The highest BCUT2D eigenvalue weighted by Gasteiger charge is 2.18. The lowest BCUT2D eigenvalue weighted by Gasteiger charge is -2.18. The van der Waals surface area contributed by atoms with Gasteiger partial charge in [0.2, 0.25) is 0 Å². The maximum absolute atomic E-state index is 11.9. The van der Waals surface area contributed by atoms with Gasteiger partial charge < -0.3 is 10.0 Å². The SMILES string of the molecule is CCCN(CC(=O)O)C(=O)c1cc(Br)cs1. The normalized spacial score (nSPS) is 10.1. The minimum Gasteiger partial charge on any atom is -0.480 e. The van der Waals surface area contributed by atoms with Crippen molar-refractivity contribution in [2.75, 3.05) is 13.1 Å². The van der Waals surface area contributed by atoms with Gasteiger partial charge in [-0.1, -0.05) is 6.92 Å². The second-order valence-electron chi connectivity index (χ2n) is 3.25. The molecule has 88 valence electrons. The van der Waals surface area contributed by atoms with Gasteiger partial charge in [-0.3, -0.25) is 9.59 Å². The summed E-state index contributed by atoms with van der Waals surface area (Å²) in [6.07, 6.45) is 0.742. The van der Waals surface area contributed by atoms with Crippen molar-refractivity contribution in [3.8, 4) is 0 Å². The quantitative estimate of drug-likeness (QED) is 0.909. The van der Waals surface area contributed by atoms with Gasteiger partial charge in [0.15, 0.2) is 0 Å². The predicted molar refractivity (Wildman–Crippen MR) is 65.8 cm³/mol. The molecule has 1 rings (SSSR count). The molecule has 16 heavy (non-hydrogen) atoms. The number of hydrogen-bond acceptors (Lipinski definition) is 3. The molecule has 0 aliphatic heterocycles. The van der Waals surface area contributed by atoms with Gasteiger partial charge >= 0.3 is 5.97 Å². The van der Waals surface area contributed by atoms with Crippen LogP contribution in [0, 0.1) is 0 Å². The van der Waals surface area contributed by atoms with Crippen molar-refractivity contribution >= 4 is 39.1 Å². The van der Waals surface area contributed by atoms with Crippen molar-refractivity contribution in [1.82, 2.24) is 4.90 Å². The Bertz CT molecular complexity index is 391. The Hall–Kier alpha value is -0.880. The van der Waals surface area contributed by atoms with Gasteiger partial charge in [-0.2, -0.15) is 0 Å². The molecule has 4 nitrogen and oxygen atoms in total. The van der Waals surface area contributed by atoms with Crippen molar-refractivity contribution in [3.05, 3.63) is 20.8 Å². The average molecular weight is 306 g/mol. The zero-order valence-electron chi connectivity index (χ0n) is 8.77. The molecule has 0 saturated carbocycles. The Labute approximate surface area is 106 Å². The molecule has 1 N–H and O–H groups in total. The van der Waals surface area contributed by atoms with E-state index in [1.165, 1.54) is 16.2 Å². The lowest BCUT2D eigenvalue weighted by Crippen LogP contribution is -2.35. The molecule has 1 aromatic rings. The molecular weight excluding hydrogens is 294 g/mol. The molecule has 0 radical (unpaired) electrons. The number of aliphatic carboxylic acids is 1. The van der Waals surface area contributed by atoms with Crippen LogP contribution in [0.1, 0.15) is 23.0 Å². The third-order valence-electron chi connectivity index (χ3n) is 1.89. The topological polar surface area (TPSA) is 57.6 Å². The maximum atomic E-state index is 11.9. The summed E-state index contributed by atoms with van der Waals surface area (Å²) in [5.41, 5.74) is 0. The number of carbonyl (C=O) groups is 2. The lowest BCUT2D eigenvalue weighted by atomic mass is 10.3. The number of carboxylic acid groups (broad SMARTS) is 1. The van der Waals surface area contributed by atoms with E-state index in [2.05, 4.69) is 15.9 Å². The molecule has 0 saturated heterocycles. The summed E-state index contributed by atoms with van der Waals surface area (Å²) < 4.78 is 0.840. The number of amides is 1. The van der Waals surface area contributed by atoms with E-state index in [9.17, 15) is 9.59 Å². The third kappa shape index (κ3) is 3.61. The maximum Gasteiger partial charge on any atom is 0.323 e. The fraction of sp³-hybridized carbons (Fsp3) is 0.400. The second kappa shape index (κ2) is 6.00. The Morgan fingerprint density at radius 1 is 1.56 bits per heavy atom. The standard InChI is InChI=1S/C10H12BrNO3S/c1-2-3-12(5-9(13)14)10(15)8-4-7(11)6-16-8/h4,6H,2-3,5H2,1H3,(H,13,14). The Balaban J connectivity index is 2.78. The van der Waals surface area contributed by atoms with Crippen molar-refractivity contribution in [2.45, 2.75) is 13.3 Å². The summed E-state index contributed by atoms with van der Waals surface area (Å²) in [4.78, 5) is 24.5. The summed E-state index contributed by atoms with van der Waals surface area (Å²) in [5.74, 6) is -1.21. The van der Waals surface area contributed by atoms with Gasteiger partial charge in [0.25, 0.3) is 5.91 Å². The summed E-state index contributed by atoms with van der Waals surface area (Å²) >= 11 is 4.57. The van der Waals surface area contributed by atoms with Gasteiger partial charge in [0, 0.05) is 16.4 Å². The van der Waals surface area contributed by atoms with Crippen molar-refractivity contribution < 1.29 is 14.7 Å². The van der Waals surface area contributed by atoms with Crippen LogP contribution in [-0.4, -0.2) is 35.0 Å². The molecule has 0 unspecified atom stereocenters. The fourth-order valence-corrected chi connectivity index (χ4v) is 2.66. The highest BCUT2D eigenvalue weighted by atomic mass is 79.9. The minimum atomic E-state index is -0.988. The monoisotopic (exact) mass is 305 g/mol. The third-order valence-corrected chi connectivity index (χ3v) is 3.56. The molecule has 0 bridgehead atoms. The summed E-state index contributed by atoms with van der Waals surface area (Å²) in [6.45, 7) is 2.12. The summed E-state index contributed by atoms with van der Waals surface area (Å²) in [5, 5.41) is 10.5. The van der Waals surface area contributed by atoms with E-state index >= 15 is 0 Å². The molecule has 0 aliphatic carbocycles. The number of carbonyl (C=O) groups excluding carboxylic acids is 1. The molecule has 0 fully saturated rings. The number of rotatable bonds is 5. The zero-order valence-corrected chi connectivity index (χ0v) is 11.2. The highest BCUT2D eigenvalue weighted by Crippen LogP contribution is 2.21. The van der Waals surface area contributed by atoms with Crippen molar-refractivity contribution in [2.24, 2.45) is 0 Å². The number of thiophene rings is 1. The first-order valence-electron chi connectivity index (χ1n) is 4.79. The summed E-state index contributed by atoms with van der Waals surface area (Å²) in [7, 11) is 0. The fourth-order valence-electron chi connectivity index (χ4n) is 1.27. The number of halogens is 1. The second-order valence-corrected chi connectivity index (χ2v) is 5.08. The number of nitrogens with zero attached hydrogens (tertiary/aromatic N) is 1. The molecule has 1 heterocycles. The van der Waals surface area contributed by atoms with Crippen LogP contribution in [0.2, 0.25) is 0 Å². The minimum absolute atomic E-state index is 0.222.